The fourth-order valence-electron chi connectivity index (χ4n) is 3.36. The summed E-state index contributed by atoms with van der Waals surface area (Å²) < 4.78 is 0. The highest BCUT2D eigenvalue weighted by Gasteiger charge is 2.27. The van der Waals surface area contributed by atoms with Crippen LogP contribution in [-0.2, 0) is 6.54 Å². The van der Waals surface area contributed by atoms with Crippen molar-refractivity contribution in [2.75, 3.05) is 24.5 Å². The highest BCUT2D eigenvalue weighted by atomic mass is 16.1. The monoisotopic (exact) mass is 339 g/mol. The maximum atomic E-state index is 11.1. The number of carbonyl (C=O) groups excluding carboxylic acids is 1. The van der Waals surface area contributed by atoms with Gasteiger partial charge in [-0.2, -0.15) is 0 Å². The molecule has 25 heavy (non-hydrogen) atoms. The average Bonchev–Trinajstić information content (AvgIpc) is 2.64. The first kappa shape index (κ1) is 17.4. The van der Waals surface area contributed by atoms with E-state index in [2.05, 4.69) is 57.3 Å². The molecule has 0 aliphatic carbocycles. The Hall–Kier alpha value is -2.47. The summed E-state index contributed by atoms with van der Waals surface area (Å²) in [7, 11) is 0. The number of carbonyl (C=O) groups is 1. The van der Waals surface area contributed by atoms with Crippen molar-refractivity contribution >= 4 is 11.7 Å². The molecule has 6 nitrogen and oxygen atoms in total. The van der Waals surface area contributed by atoms with E-state index >= 15 is 0 Å². The number of hydrogen-bond acceptors (Lipinski definition) is 5. The van der Waals surface area contributed by atoms with Crippen molar-refractivity contribution in [3.63, 3.8) is 0 Å². The van der Waals surface area contributed by atoms with Crippen LogP contribution in [0.15, 0.2) is 42.5 Å². The van der Waals surface area contributed by atoms with Gasteiger partial charge in [0, 0.05) is 32.2 Å². The minimum absolute atomic E-state index is 0.205. The van der Waals surface area contributed by atoms with Gasteiger partial charge in [-0.1, -0.05) is 43.7 Å². The number of rotatable bonds is 6. The van der Waals surface area contributed by atoms with Crippen LogP contribution in [0.5, 0.6) is 0 Å². The van der Waals surface area contributed by atoms with Crippen LogP contribution < -0.4 is 10.6 Å². The van der Waals surface area contributed by atoms with Gasteiger partial charge in [-0.3, -0.25) is 9.69 Å². The number of benzene rings is 1. The minimum atomic E-state index is -0.546. The predicted octanol–water partition coefficient (Wildman–Crippen LogP) is 2.07. The normalized spacial score (nSPS) is 18.3. The zero-order valence-corrected chi connectivity index (χ0v) is 14.6. The number of nitrogens with zero attached hydrogens (tertiary/aromatic N) is 4. The van der Waals surface area contributed by atoms with Crippen LogP contribution in [0.2, 0.25) is 0 Å². The molecule has 6 heteroatoms. The van der Waals surface area contributed by atoms with Gasteiger partial charge in [-0.05, 0) is 24.1 Å². The van der Waals surface area contributed by atoms with Gasteiger partial charge >= 0.3 is 0 Å². The molecule has 1 unspecified atom stereocenters. The summed E-state index contributed by atoms with van der Waals surface area (Å²) in [5, 5.41) is 8.12. The van der Waals surface area contributed by atoms with Crippen LogP contribution in [0.4, 0.5) is 5.82 Å². The zero-order valence-electron chi connectivity index (χ0n) is 14.6. The van der Waals surface area contributed by atoms with E-state index in [1.54, 1.807) is 6.07 Å². The van der Waals surface area contributed by atoms with Crippen molar-refractivity contribution in [1.82, 2.24) is 15.1 Å². The molecule has 1 aromatic carbocycles. The molecule has 1 amide bonds. The van der Waals surface area contributed by atoms with Crippen molar-refractivity contribution in [2.24, 2.45) is 5.73 Å². The molecular formula is C19H25N5O. The quantitative estimate of drug-likeness (QED) is 0.872. The van der Waals surface area contributed by atoms with E-state index in [0.717, 1.165) is 44.8 Å². The lowest BCUT2D eigenvalue weighted by Crippen LogP contribution is -2.53. The SMILES string of the molecule is CCCC1CN(c2ccc(C(N)=O)nn2)CCN1Cc1ccccc1. The minimum Gasteiger partial charge on any atom is -0.364 e. The van der Waals surface area contributed by atoms with E-state index in [4.69, 9.17) is 5.73 Å². The second kappa shape index (κ2) is 8.07. The second-order valence-electron chi connectivity index (χ2n) is 6.49. The van der Waals surface area contributed by atoms with Gasteiger partial charge < -0.3 is 10.6 Å². The van der Waals surface area contributed by atoms with Gasteiger partial charge in [-0.15, -0.1) is 10.2 Å². The Labute approximate surface area is 148 Å². The van der Waals surface area contributed by atoms with Gasteiger partial charge in [0.15, 0.2) is 11.5 Å². The molecule has 0 spiro atoms. The Bertz CT molecular complexity index is 689. The fourth-order valence-corrected chi connectivity index (χ4v) is 3.36. The Morgan fingerprint density at radius 3 is 2.60 bits per heavy atom. The first-order chi connectivity index (χ1) is 12.2. The van der Waals surface area contributed by atoms with E-state index < -0.39 is 5.91 Å². The summed E-state index contributed by atoms with van der Waals surface area (Å²) in [6.07, 6.45) is 2.30. The Morgan fingerprint density at radius 2 is 1.96 bits per heavy atom. The van der Waals surface area contributed by atoms with E-state index in [1.807, 2.05) is 6.07 Å². The topological polar surface area (TPSA) is 75.3 Å². The highest BCUT2D eigenvalue weighted by Crippen LogP contribution is 2.21. The van der Waals surface area contributed by atoms with Crippen LogP contribution in [0.1, 0.15) is 35.8 Å². The lowest BCUT2D eigenvalue weighted by Gasteiger charge is -2.42. The summed E-state index contributed by atoms with van der Waals surface area (Å²) in [5.41, 5.74) is 6.79. The average molecular weight is 339 g/mol. The molecule has 1 saturated heterocycles. The van der Waals surface area contributed by atoms with Crippen molar-refractivity contribution in [2.45, 2.75) is 32.4 Å². The number of nitrogens with two attached hydrogens (primary N) is 1. The lowest BCUT2D eigenvalue weighted by atomic mass is 10.1. The lowest BCUT2D eigenvalue weighted by molar-refractivity contribution is 0.0994. The van der Waals surface area contributed by atoms with E-state index in [1.165, 1.54) is 5.56 Å². The number of piperazine rings is 1. The molecule has 1 atom stereocenters. The van der Waals surface area contributed by atoms with E-state index in [9.17, 15) is 4.79 Å². The van der Waals surface area contributed by atoms with Crippen molar-refractivity contribution in [3.05, 3.63) is 53.7 Å². The van der Waals surface area contributed by atoms with Crippen LogP contribution in [0.3, 0.4) is 0 Å². The molecule has 3 rings (SSSR count). The second-order valence-corrected chi connectivity index (χ2v) is 6.49. The molecule has 0 radical (unpaired) electrons. The Kier molecular flexibility index (Phi) is 5.60. The number of amides is 1. The highest BCUT2D eigenvalue weighted by molar-refractivity contribution is 5.90. The van der Waals surface area contributed by atoms with Gasteiger partial charge in [0.05, 0.1) is 0 Å². The Morgan fingerprint density at radius 1 is 1.16 bits per heavy atom. The van der Waals surface area contributed by atoms with E-state index in [0.29, 0.717) is 6.04 Å². The largest absolute Gasteiger partial charge is 0.364 e. The molecule has 2 heterocycles. The third-order valence-corrected chi connectivity index (χ3v) is 4.68. The maximum absolute atomic E-state index is 11.1. The van der Waals surface area contributed by atoms with Crippen molar-refractivity contribution < 1.29 is 4.79 Å². The standard InChI is InChI=1S/C19H25N5O/c1-2-6-16-14-24(18-10-9-17(19(20)25)21-22-18)12-11-23(16)13-15-7-4-3-5-8-15/h3-5,7-10,16H,2,6,11-14H2,1H3,(H2,20,25). The molecular weight excluding hydrogens is 314 g/mol. The van der Waals surface area contributed by atoms with Crippen LogP contribution >= 0.6 is 0 Å². The van der Waals surface area contributed by atoms with Gasteiger partial charge in [0.1, 0.15) is 0 Å². The van der Waals surface area contributed by atoms with Crippen LogP contribution in [-0.4, -0.2) is 46.7 Å². The molecule has 2 N–H and O–H groups in total. The molecule has 1 aliphatic heterocycles. The number of hydrogen-bond donors (Lipinski definition) is 1. The first-order valence-electron chi connectivity index (χ1n) is 8.84. The van der Waals surface area contributed by atoms with Gasteiger partial charge in [0.25, 0.3) is 5.91 Å². The van der Waals surface area contributed by atoms with Crippen molar-refractivity contribution in [1.29, 1.82) is 0 Å². The third-order valence-electron chi connectivity index (χ3n) is 4.68. The summed E-state index contributed by atoms with van der Waals surface area (Å²) in [6.45, 7) is 6.01. The Balaban J connectivity index is 1.69. The molecule has 0 saturated carbocycles. The first-order valence-corrected chi connectivity index (χ1v) is 8.84. The summed E-state index contributed by atoms with van der Waals surface area (Å²) in [4.78, 5) is 15.9. The maximum Gasteiger partial charge on any atom is 0.269 e. The fraction of sp³-hybridized carbons (Fsp3) is 0.421. The third kappa shape index (κ3) is 4.33. The molecule has 0 bridgehead atoms. The smallest absolute Gasteiger partial charge is 0.269 e. The number of anilines is 1. The summed E-state index contributed by atoms with van der Waals surface area (Å²) >= 11 is 0. The molecule has 132 valence electrons. The van der Waals surface area contributed by atoms with Crippen LogP contribution in [0.25, 0.3) is 0 Å². The number of aromatic nitrogens is 2. The van der Waals surface area contributed by atoms with Crippen LogP contribution in [0, 0.1) is 0 Å². The van der Waals surface area contributed by atoms with Crippen molar-refractivity contribution in [3.8, 4) is 0 Å². The summed E-state index contributed by atoms with van der Waals surface area (Å²) in [5.74, 6) is 0.265. The zero-order chi connectivity index (χ0) is 17.6. The van der Waals surface area contributed by atoms with Gasteiger partial charge in [-0.25, -0.2) is 0 Å². The van der Waals surface area contributed by atoms with E-state index in [-0.39, 0.29) is 5.69 Å². The molecule has 1 aliphatic rings. The molecule has 1 fully saturated rings. The molecule has 2 aromatic rings. The molecule has 1 aromatic heterocycles. The van der Waals surface area contributed by atoms with Gasteiger partial charge in [0.2, 0.25) is 0 Å². The summed E-state index contributed by atoms with van der Waals surface area (Å²) in [6, 6.07) is 14.6. The number of primary amides is 1. The predicted molar refractivity (Wildman–Crippen MR) is 98.3 cm³/mol.